The second kappa shape index (κ2) is 11.5. The van der Waals surface area contributed by atoms with Crippen molar-refractivity contribution in [2.75, 3.05) is 0 Å². The Morgan fingerprint density at radius 3 is 1.97 bits per heavy atom. The molecular formula is C24H42O6. The second-order valence-corrected chi connectivity index (χ2v) is 10.2. The van der Waals surface area contributed by atoms with Crippen molar-refractivity contribution in [3.63, 3.8) is 0 Å². The predicted molar refractivity (Wildman–Crippen MR) is 114 cm³/mol. The molecule has 2 heterocycles. The van der Waals surface area contributed by atoms with Crippen molar-refractivity contribution < 1.29 is 29.1 Å². The van der Waals surface area contributed by atoms with E-state index in [1.165, 1.54) is 0 Å². The summed E-state index contributed by atoms with van der Waals surface area (Å²) in [6, 6.07) is 0. The first kappa shape index (κ1) is 25.1. The summed E-state index contributed by atoms with van der Waals surface area (Å²) in [6.45, 7) is 10.5. The van der Waals surface area contributed by atoms with E-state index >= 15 is 0 Å². The molecule has 174 valence electrons. The van der Waals surface area contributed by atoms with E-state index in [2.05, 4.69) is 13.8 Å². The largest absolute Gasteiger partial charge is 0.345 e. The van der Waals surface area contributed by atoms with Crippen LogP contribution in [0.25, 0.3) is 0 Å². The van der Waals surface area contributed by atoms with Crippen molar-refractivity contribution in [1.82, 2.24) is 0 Å². The molecule has 0 aliphatic carbocycles. The van der Waals surface area contributed by atoms with E-state index in [1.54, 1.807) is 0 Å². The average Bonchev–Trinajstić information content (AvgIpc) is 2.80. The van der Waals surface area contributed by atoms with Gasteiger partial charge in [-0.3, -0.25) is 9.78 Å². The van der Waals surface area contributed by atoms with Gasteiger partial charge in [0.05, 0.1) is 11.8 Å². The molecule has 0 bridgehead atoms. The molecule has 2 saturated heterocycles. The summed E-state index contributed by atoms with van der Waals surface area (Å²) < 4.78 is 0. The zero-order valence-electron chi connectivity index (χ0n) is 19.7. The minimum atomic E-state index is -0.878. The smallest absolute Gasteiger partial charge is 0.298 e. The summed E-state index contributed by atoms with van der Waals surface area (Å²) in [6.07, 6.45) is 9.95. The molecule has 6 nitrogen and oxygen atoms in total. The summed E-state index contributed by atoms with van der Waals surface area (Å²) in [5.41, 5.74) is -0.727. The molecule has 4 unspecified atom stereocenters. The SMILES string of the molecule is CCC1CCCCC(C2(C)CCC(C)(C)CCCCC(CC)C(=O)OO2)OOC1=O. The van der Waals surface area contributed by atoms with Crippen LogP contribution >= 0.6 is 0 Å². The number of rotatable bonds is 3. The average molecular weight is 427 g/mol. The fourth-order valence-electron chi connectivity index (χ4n) is 4.49. The van der Waals surface area contributed by atoms with E-state index in [4.69, 9.17) is 19.6 Å². The van der Waals surface area contributed by atoms with Crippen LogP contribution in [0.3, 0.4) is 0 Å². The lowest BCUT2D eigenvalue weighted by atomic mass is 9.77. The van der Waals surface area contributed by atoms with Crippen LogP contribution in [0.2, 0.25) is 0 Å². The summed E-state index contributed by atoms with van der Waals surface area (Å²) >= 11 is 0. The molecule has 6 heteroatoms. The van der Waals surface area contributed by atoms with Crippen molar-refractivity contribution in [3.8, 4) is 0 Å². The Morgan fingerprint density at radius 2 is 1.33 bits per heavy atom. The normalized spacial score (nSPS) is 34.9. The lowest BCUT2D eigenvalue weighted by Crippen LogP contribution is -2.46. The van der Waals surface area contributed by atoms with Gasteiger partial charge in [-0.05, 0) is 63.7 Å². The fraction of sp³-hybridized carbons (Fsp3) is 0.917. The summed E-state index contributed by atoms with van der Waals surface area (Å²) in [5.74, 6) is -0.906. The molecule has 0 aromatic heterocycles. The standard InChI is InChI=1S/C24H42O6/c1-6-18-12-8-9-14-20(27-28-21(18)25)24(5)17-16-23(3,4)15-11-10-13-19(7-2)22(26)29-30-24/h18-20H,6-17H2,1-5H3. The van der Waals surface area contributed by atoms with Crippen LogP contribution in [0.4, 0.5) is 0 Å². The zero-order chi connectivity index (χ0) is 22.2. The van der Waals surface area contributed by atoms with Crippen LogP contribution in [0, 0.1) is 17.3 Å². The van der Waals surface area contributed by atoms with E-state index in [0.717, 1.165) is 64.2 Å². The van der Waals surface area contributed by atoms with Gasteiger partial charge in [-0.25, -0.2) is 9.59 Å². The predicted octanol–water partition coefficient (Wildman–Crippen LogP) is 6.07. The highest BCUT2D eigenvalue weighted by atomic mass is 17.2. The van der Waals surface area contributed by atoms with Crippen LogP contribution in [0.15, 0.2) is 0 Å². The molecule has 4 atom stereocenters. The van der Waals surface area contributed by atoms with Gasteiger partial charge in [0.15, 0.2) is 0 Å². The van der Waals surface area contributed by atoms with Gasteiger partial charge in [-0.15, -0.1) is 0 Å². The highest BCUT2D eigenvalue weighted by Gasteiger charge is 2.43. The molecule has 2 aliphatic heterocycles. The topological polar surface area (TPSA) is 71.1 Å². The van der Waals surface area contributed by atoms with Gasteiger partial charge >= 0.3 is 11.9 Å². The molecule has 0 aromatic carbocycles. The Balaban J connectivity index is 2.19. The van der Waals surface area contributed by atoms with Crippen molar-refractivity contribution >= 4 is 11.9 Å². The van der Waals surface area contributed by atoms with Gasteiger partial charge < -0.3 is 0 Å². The van der Waals surface area contributed by atoms with Crippen LogP contribution in [0.5, 0.6) is 0 Å². The van der Waals surface area contributed by atoms with Crippen molar-refractivity contribution in [3.05, 3.63) is 0 Å². The van der Waals surface area contributed by atoms with E-state index in [0.29, 0.717) is 12.8 Å². The van der Waals surface area contributed by atoms with Crippen molar-refractivity contribution in [2.45, 2.75) is 123 Å². The maximum atomic E-state index is 12.6. The molecule has 2 fully saturated rings. The minimum Gasteiger partial charge on any atom is -0.298 e. The first-order valence-electron chi connectivity index (χ1n) is 12.0. The number of hydrogen-bond acceptors (Lipinski definition) is 6. The lowest BCUT2D eigenvalue weighted by molar-refractivity contribution is -0.394. The number of carbonyl (C=O) groups is 2. The Bertz CT molecular complexity index is 560. The maximum Gasteiger partial charge on any atom is 0.345 e. The quantitative estimate of drug-likeness (QED) is 0.510. The molecular weight excluding hydrogens is 384 g/mol. The molecule has 0 saturated carbocycles. The van der Waals surface area contributed by atoms with Crippen molar-refractivity contribution in [2.24, 2.45) is 17.3 Å². The van der Waals surface area contributed by atoms with Crippen LogP contribution in [-0.2, 0) is 29.1 Å². The highest BCUT2D eigenvalue weighted by Crippen LogP contribution is 2.38. The van der Waals surface area contributed by atoms with Gasteiger partial charge in [-0.1, -0.05) is 53.4 Å². The van der Waals surface area contributed by atoms with Gasteiger partial charge in [0.2, 0.25) is 0 Å². The lowest BCUT2D eigenvalue weighted by Gasteiger charge is -2.37. The second-order valence-electron chi connectivity index (χ2n) is 10.2. The van der Waals surface area contributed by atoms with Gasteiger partial charge in [0, 0.05) is 0 Å². The first-order valence-corrected chi connectivity index (χ1v) is 12.0. The van der Waals surface area contributed by atoms with Crippen LogP contribution in [0.1, 0.15) is 112 Å². The maximum absolute atomic E-state index is 12.6. The molecule has 0 amide bonds. The van der Waals surface area contributed by atoms with Crippen molar-refractivity contribution in [1.29, 1.82) is 0 Å². The molecule has 30 heavy (non-hydrogen) atoms. The van der Waals surface area contributed by atoms with Crippen LogP contribution in [-0.4, -0.2) is 23.6 Å². The molecule has 2 aliphatic rings. The highest BCUT2D eigenvalue weighted by molar-refractivity contribution is 5.72. The molecule has 0 radical (unpaired) electrons. The first-order chi connectivity index (χ1) is 14.2. The third-order valence-electron chi connectivity index (χ3n) is 7.12. The summed E-state index contributed by atoms with van der Waals surface area (Å²) in [7, 11) is 0. The Morgan fingerprint density at radius 1 is 0.767 bits per heavy atom. The van der Waals surface area contributed by atoms with E-state index < -0.39 is 11.7 Å². The summed E-state index contributed by atoms with van der Waals surface area (Å²) in [5, 5.41) is 0. The molecule has 0 N–H and O–H groups in total. The van der Waals surface area contributed by atoms with Gasteiger partial charge in [0.1, 0.15) is 11.7 Å². The monoisotopic (exact) mass is 426 g/mol. The third-order valence-corrected chi connectivity index (χ3v) is 7.12. The zero-order valence-corrected chi connectivity index (χ0v) is 19.7. The number of carbonyl (C=O) groups excluding carboxylic acids is 2. The number of hydrogen-bond donors (Lipinski definition) is 0. The van der Waals surface area contributed by atoms with Crippen LogP contribution < -0.4 is 0 Å². The van der Waals surface area contributed by atoms with E-state index in [9.17, 15) is 9.59 Å². The van der Waals surface area contributed by atoms with Gasteiger partial charge in [-0.2, -0.15) is 9.78 Å². The molecule has 0 aromatic rings. The molecule has 2 rings (SSSR count). The Labute approximate surface area is 182 Å². The fourth-order valence-corrected chi connectivity index (χ4v) is 4.49. The Kier molecular flexibility index (Phi) is 9.61. The Hall–Kier alpha value is -1.14. The van der Waals surface area contributed by atoms with E-state index in [-0.39, 0.29) is 29.2 Å². The minimum absolute atomic E-state index is 0.129. The summed E-state index contributed by atoms with van der Waals surface area (Å²) in [4.78, 5) is 47.1. The molecule has 0 spiro atoms. The van der Waals surface area contributed by atoms with E-state index in [1.807, 2.05) is 20.8 Å². The third kappa shape index (κ3) is 7.23. The van der Waals surface area contributed by atoms with Gasteiger partial charge in [0.25, 0.3) is 0 Å².